The molecule has 3 aliphatic rings. The summed E-state index contributed by atoms with van der Waals surface area (Å²) in [6, 6.07) is 2.92. The Labute approximate surface area is 123 Å². The Balaban J connectivity index is 2.11. The summed E-state index contributed by atoms with van der Waals surface area (Å²) in [6.45, 7) is 14.9. The van der Waals surface area contributed by atoms with Gasteiger partial charge in [0, 0.05) is 23.8 Å². The van der Waals surface area contributed by atoms with Gasteiger partial charge in [-0.15, -0.1) is 0 Å². The van der Waals surface area contributed by atoms with Crippen LogP contribution < -0.4 is 4.90 Å². The lowest BCUT2D eigenvalue weighted by Gasteiger charge is -2.62. The van der Waals surface area contributed by atoms with Gasteiger partial charge in [0.15, 0.2) is 0 Å². The summed E-state index contributed by atoms with van der Waals surface area (Å²) in [5.41, 5.74) is 5.31. The number of fused-ring (bicyclic) bond motifs is 3. The molecule has 1 aromatic heterocycles. The first-order valence-electron chi connectivity index (χ1n) is 7.83. The smallest absolute Gasteiger partial charge is 0.0800 e. The van der Waals surface area contributed by atoms with Gasteiger partial charge in [-0.25, -0.2) is 0 Å². The first-order valence-corrected chi connectivity index (χ1v) is 7.83. The maximum absolute atomic E-state index is 4.72. The maximum atomic E-state index is 4.72. The molecule has 20 heavy (non-hydrogen) atoms. The summed E-state index contributed by atoms with van der Waals surface area (Å²) in [7, 11) is 0. The summed E-state index contributed by atoms with van der Waals surface area (Å²) in [5.74, 6) is 0. The number of nitrogens with zero attached hydrogens (tertiary/aromatic N) is 3. The fourth-order valence-electron chi connectivity index (χ4n) is 4.66. The minimum absolute atomic E-state index is 0.278. The molecule has 1 aromatic rings. The van der Waals surface area contributed by atoms with E-state index in [9.17, 15) is 0 Å². The van der Waals surface area contributed by atoms with E-state index < -0.39 is 0 Å². The number of piperidine rings is 1. The van der Waals surface area contributed by atoms with Crippen LogP contribution in [0.1, 0.15) is 50.6 Å². The van der Waals surface area contributed by atoms with Crippen molar-refractivity contribution in [2.45, 2.75) is 72.1 Å². The Bertz CT molecular complexity index is 516. The fraction of sp³-hybridized carbons (Fsp3) is 0.706. The number of hydrogen-bond donors (Lipinski definition) is 0. The number of anilines is 1. The molecule has 0 spiro atoms. The Morgan fingerprint density at radius 1 is 1.25 bits per heavy atom. The minimum atomic E-state index is 0.278. The molecule has 3 fully saturated rings. The van der Waals surface area contributed by atoms with Crippen LogP contribution in [0.3, 0.4) is 0 Å². The van der Waals surface area contributed by atoms with Crippen LogP contribution in [0.25, 0.3) is 0 Å². The van der Waals surface area contributed by atoms with E-state index in [4.69, 9.17) is 4.98 Å². The lowest BCUT2D eigenvalue weighted by Crippen LogP contribution is -2.71. The zero-order chi connectivity index (χ0) is 14.7. The molecule has 0 aromatic carbocycles. The third-order valence-electron chi connectivity index (χ3n) is 5.37. The van der Waals surface area contributed by atoms with E-state index in [1.54, 1.807) is 0 Å². The molecule has 4 unspecified atom stereocenters. The highest BCUT2D eigenvalue weighted by Gasteiger charge is 2.49. The van der Waals surface area contributed by atoms with Gasteiger partial charge in [-0.1, -0.05) is 0 Å². The zero-order valence-corrected chi connectivity index (χ0v) is 13.7. The molecule has 3 heteroatoms. The number of aromatic nitrogens is 1. The molecule has 3 aliphatic heterocycles. The SMILES string of the molecule is Cc1cc(C)c(N2C(C)N3CCC2(C)CC3C)c(C)n1. The molecule has 3 nitrogen and oxygen atoms in total. The molecule has 3 saturated heterocycles. The molecule has 4 heterocycles. The maximum Gasteiger partial charge on any atom is 0.0800 e. The van der Waals surface area contributed by atoms with Gasteiger partial charge >= 0.3 is 0 Å². The van der Waals surface area contributed by atoms with Crippen molar-refractivity contribution in [3.63, 3.8) is 0 Å². The quantitative estimate of drug-likeness (QED) is 0.781. The third kappa shape index (κ3) is 1.86. The molecule has 0 aliphatic carbocycles. The van der Waals surface area contributed by atoms with Crippen molar-refractivity contribution in [3.05, 3.63) is 23.0 Å². The second-order valence-corrected chi connectivity index (χ2v) is 7.05. The average molecular weight is 273 g/mol. The second-order valence-electron chi connectivity index (χ2n) is 7.05. The molecule has 4 atom stereocenters. The van der Waals surface area contributed by atoms with Gasteiger partial charge in [0.1, 0.15) is 0 Å². The van der Waals surface area contributed by atoms with Gasteiger partial charge < -0.3 is 4.90 Å². The van der Waals surface area contributed by atoms with Crippen molar-refractivity contribution < 1.29 is 0 Å². The van der Waals surface area contributed by atoms with E-state index in [2.05, 4.69) is 57.4 Å². The summed E-state index contributed by atoms with van der Waals surface area (Å²) < 4.78 is 0. The molecule has 0 radical (unpaired) electrons. The third-order valence-corrected chi connectivity index (χ3v) is 5.37. The van der Waals surface area contributed by atoms with Crippen LogP contribution in [0, 0.1) is 20.8 Å². The summed E-state index contributed by atoms with van der Waals surface area (Å²) >= 11 is 0. The Morgan fingerprint density at radius 3 is 2.50 bits per heavy atom. The zero-order valence-electron chi connectivity index (χ0n) is 13.7. The minimum Gasteiger partial charge on any atom is -0.349 e. The van der Waals surface area contributed by atoms with Gasteiger partial charge in [0.25, 0.3) is 0 Å². The molecule has 0 saturated carbocycles. The van der Waals surface area contributed by atoms with Gasteiger partial charge in [-0.05, 0) is 66.0 Å². The standard InChI is InChI=1S/C17H27N3/c1-11-9-12(2)18-14(4)16(11)20-15(5)19-8-7-17(20,6)10-13(19)3/h9,13,15H,7-8,10H2,1-6H3. The highest BCUT2D eigenvalue weighted by atomic mass is 15.4. The molecule has 0 amide bonds. The lowest BCUT2D eigenvalue weighted by atomic mass is 9.78. The summed E-state index contributed by atoms with van der Waals surface area (Å²) in [4.78, 5) is 10.0. The van der Waals surface area contributed by atoms with E-state index in [0.29, 0.717) is 12.2 Å². The molecular weight excluding hydrogens is 246 g/mol. The van der Waals surface area contributed by atoms with Gasteiger partial charge in [-0.2, -0.15) is 0 Å². The highest BCUT2D eigenvalue weighted by Crippen LogP contribution is 2.45. The van der Waals surface area contributed by atoms with E-state index in [0.717, 1.165) is 5.69 Å². The fourth-order valence-corrected chi connectivity index (χ4v) is 4.66. The predicted molar refractivity (Wildman–Crippen MR) is 84.2 cm³/mol. The molecule has 110 valence electrons. The van der Waals surface area contributed by atoms with Crippen LogP contribution in [0.15, 0.2) is 6.07 Å². The molecular formula is C17H27N3. The van der Waals surface area contributed by atoms with Crippen LogP contribution in [0.5, 0.6) is 0 Å². The monoisotopic (exact) mass is 273 g/mol. The van der Waals surface area contributed by atoms with E-state index >= 15 is 0 Å². The van der Waals surface area contributed by atoms with Gasteiger partial charge in [-0.3, -0.25) is 9.88 Å². The topological polar surface area (TPSA) is 19.4 Å². The molecule has 2 bridgehead atoms. The van der Waals surface area contributed by atoms with Crippen LogP contribution in [0.2, 0.25) is 0 Å². The van der Waals surface area contributed by atoms with Crippen molar-refractivity contribution in [2.24, 2.45) is 0 Å². The first-order chi connectivity index (χ1) is 9.33. The number of aryl methyl sites for hydroxylation is 3. The van der Waals surface area contributed by atoms with E-state index in [-0.39, 0.29) is 5.54 Å². The second kappa shape index (κ2) is 4.45. The molecule has 0 N–H and O–H groups in total. The average Bonchev–Trinajstić information content (AvgIpc) is 2.31. The van der Waals surface area contributed by atoms with Crippen molar-refractivity contribution in [1.29, 1.82) is 0 Å². The molecule has 4 rings (SSSR count). The number of pyridine rings is 1. The van der Waals surface area contributed by atoms with Crippen molar-refractivity contribution in [2.75, 3.05) is 11.4 Å². The van der Waals surface area contributed by atoms with Crippen LogP contribution in [-0.2, 0) is 0 Å². The summed E-state index contributed by atoms with van der Waals surface area (Å²) in [6.07, 6.45) is 2.98. The normalized spacial score (nSPS) is 36.5. The van der Waals surface area contributed by atoms with Gasteiger partial charge in [0.05, 0.1) is 17.5 Å². The Kier molecular flexibility index (Phi) is 3.09. The number of rotatable bonds is 1. The van der Waals surface area contributed by atoms with Crippen molar-refractivity contribution in [1.82, 2.24) is 9.88 Å². The predicted octanol–water partition coefficient (Wildman–Crippen LogP) is 3.42. The Morgan fingerprint density at radius 2 is 1.95 bits per heavy atom. The lowest BCUT2D eigenvalue weighted by molar-refractivity contribution is 0.00459. The summed E-state index contributed by atoms with van der Waals surface area (Å²) in [5, 5.41) is 0. The van der Waals surface area contributed by atoms with Crippen molar-refractivity contribution >= 4 is 5.69 Å². The van der Waals surface area contributed by atoms with Crippen LogP contribution in [-0.4, -0.2) is 34.2 Å². The van der Waals surface area contributed by atoms with E-state index in [1.165, 1.54) is 36.3 Å². The Hall–Kier alpha value is -1.09. The number of hydrogen-bond acceptors (Lipinski definition) is 3. The van der Waals surface area contributed by atoms with Crippen LogP contribution >= 0.6 is 0 Å². The van der Waals surface area contributed by atoms with Gasteiger partial charge in [0.2, 0.25) is 0 Å². The first kappa shape index (κ1) is 13.9. The largest absolute Gasteiger partial charge is 0.349 e. The van der Waals surface area contributed by atoms with E-state index in [1.807, 2.05) is 0 Å². The van der Waals surface area contributed by atoms with Crippen LogP contribution in [0.4, 0.5) is 5.69 Å². The highest BCUT2D eigenvalue weighted by molar-refractivity contribution is 5.60. The van der Waals surface area contributed by atoms with Crippen molar-refractivity contribution in [3.8, 4) is 0 Å².